The van der Waals surface area contributed by atoms with Crippen molar-refractivity contribution < 1.29 is 4.74 Å². The molecule has 0 heterocycles. The zero-order valence-corrected chi connectivity index (χ0v) is 13.7. The summed E-state index contributed by atoms with van der Waals surface area (Å²) in [6.45, 7) is 6.22. The number of hydrogen-bond donors (Lipinski definition) is 1. The fourth-order valence-electron chi connectivity index (χ4n) is 3.04. The molecule has 1 aromatic carbocycles. The van der Waals surface area contributed by atoms with Gasteiger partial charge in [0.25, 0.3) is 0 Å². The van der Waals surface area contributed by atoms with Crippen LogP contribution in [0.15, 0.2) is 24.3 Å². The molecular weight excluding hydrogens is 258 g/mol. The summed E-state index contributed by atoms with van der Waals surface area (Å²) in [6, 6.07) is 9.31. The normalized spacial score (nSPS) is 18.2. The Labute approximate surface area is 130 Å². The highest BCUT2D eigenvalue weighted by molar-refractivity contribution is 5.29. The number of ether oxygens (including phenoxy) is 1. The second-order valence-electron chi connectivity index (χ2n) is 6.37. The lowest BCUT2D eigenvalue weighted by molar-refractivity contribution is 0.300. The maximum atomic E-state index is 5.83. The van der Waals surface area contributed by atoms with Crippen LogP contribution in [0.4, 0.5) is 0 Å². The molecule has 0 radical (unpaired) electrons. The van der Waals surface area contributed by atoms with Crippen LogP contribution in [-0.4, -0.2) is 19.2 Å². The van der Waals surface area contributed by atoms with E-state index in [1.54, 1.807) is 0 Å². The number of benzene rings is 1. The van der Waals surface area contributed by atoms with E-state index in [1.165, 1.54) is 50.5 Å². The first-order chi connectivity index (χ1) is 10.3. The first-order valence-electron chi connectivity index (χ1n) is 8.75. The molecule has 21 heavy (non-hydrogen) atoms. The molecule has 0 aliphatic heterocycles. The average molecular weight is 289 g/mol. The van der Waals surface area contributed by atoms with Crippen LogP contribution in [0.3, 0.4) is 0 Å². The van der Waals surface area contributed by atoms with Gasteiger partial charge in [-0.25, -0.2) is 0 Å². The highest BCUT2D eigenvalue weighted by Gasteiger charge is 2.10. The van der Waals surface area contributed by atoms with Crippen LogP contribution in [0.2, 0.25) is 0 Å². The molecule has 1 unspecified atom stereocenters. The van der Waals surface area contributed by atoms with Crippen LogP contribution in [0, 0.1) is 0 Å². The predicted octanol–water partition coefficient (Wildman–Crippen LogP) is 4.89. The second-order valence-corrected chi connectivity index (χ2v) is 6.37. The van der Waals surface area contributed by atoms with Gasteiger partial charge >= 0.3 is 0 Å². The summed E-state index contributed by atoms with van der Waals surface area (Å²) in [4.78, 5) is 0. The topological polar surface area (TPSA) is 21.3 Å². The third-order valence-electron chi connectivity index (χ3n) is 4.72. The van der Waals surface area contributed by atoms with E-state index in [9.17, 15) is 0 Å². The van der Waals surface area contributed by atoms with Crippen molar-refractivity contribution in [1.29, 1.82) is 0 Å². The largest absolute Gasteiger partial charge is 0.492 e. The smallest absolute Gasteiger partial charge is 0.119 e. The van der Waals surface area contributed by atoms with Gasteiger partial charge in [0.2, 0.25) is 0 Å². The molecule has 2 heteroatoms. The van der Waals surface area contributed by atoms with Crippen molar-refractivity contribution in [3.8, 4) is 5.75 Å². The van der Waals surface area contributed by atoms with Gasteiger partial charge in [-0.15, -0.1) is 0 Å². The summed E-state index contributed by atoms with van der Waals surface area (Å²) >= 11 is 0. The fraction of sp³-hybridized carbons (Fsp3) is 0.684. The van der Waals surface area contributed by atoms with Gasteiger partial charge in [0.05, 0.1) is 0 Å². The Bertz CT molecular complexity index is 379. The first kappa shape index (κ1) is 16.4. The van der Waals surface area contributed by atoms with Crippen LogP contribution in [0.1, 0.15) is 70.3 Å². The maximum Gasteiger partial charge on any atom is 0.119 e. The molecule has 1 aliphatic carbocycles. The molecule has 1 aliphatic rings. The van der Waals surface area contributed by atoms with Gasteiger partial charge in [0.15, 0.2) is 0 Å². The zero-order chi connectivity index (χ0) is 14.9. The number of rotatable bonds is 7. The van der Waals surface area contributed by atoms with Gasteiger partial charge in [-0.05, 0) is 42.9 Å². The van der Waals surface area contributed by atoms with Crippen molar-refractivity contribution in [2.45, 2.75) is 70.8 Å². The predicted molar refractivity (Wildman–Crippen MR) is 90.1 cm³/mol. The monoisotopic (exact) mass is 289 g/mol. The number of nitrogens with one attached hydrogen (secondary N) is 1. The molecule has 1 atom stereocenters. The Morgan fingerprint density at radius 1 is 1.10 bits per heavy atom. The molecule has 0 aromatic heterocycles. The summed E-state index contributed by atoms with van der Waals surface area (Å²) < 4.78 is 5.83. The molecule has 1 N–H and O–H groups in total. The van der Waals surface area contributed by atoms with E-state index in [2.05, 4.69) is 43.4 Å². The van der Waals surface area contributed by atoms with Crippen LogP contribution in [0.25, 0.3) is 0 Å². The Morgan fingerprint density at radius 2 is 1.76 bits per heavy atom. The minimum Gasteiger partial charge on any atom is -0.492 e. The molecule has 0 spiro atoms. The van der Waals surface area contributed by atoms with E-state index in [1.807, 2.05) is 0 Å². The van der Waals surface area contributed by atoms with Crippen molar-refractivity contribution >= 4 is 0 Å². The lowest BCUT2D eigenvalue weighted by Crippen LogP contribution is -2.32. The summed E-state index contributed by atoms with van der Waals surface area (Å²) in [5.74, 6) is 1.63. The maximum absolute atomic E-state index is 5.83. The summed E-state index contributed by atoms with van der Waals surface area (Å²) in [7, 11) is 0. The SMILES string of the molecule is CCC(C)c1ccc(OCCNC2CCCCCC2)cc1. The van der Waals surface area contributed by atoms with Crippen molar-refractivity contribution in [1.82, 2.24) is 5.32 Å². The Hall–Kier alpha value is -1.02. The molecule has 1 saturated carbocycles. The summed E-state index contributed by atoms with van der Waals surface area (Å²) in [6.07, 6.45) is 9.46. The van der Waals surface area contributed by atoms with Crippen LogP contribution in [0.5, 0.6) is 5.75 Å². The lowest BCUT2D eigenvalue weighted by Gasteiger charge is -2.16. The Morgan fingerprint density at radius 3 is 2.38 bits per heavy atom. The van der Waals surface area contributed by atoms with Crippen molar-refractivity contribution in [3.63, 3.8) is 0 Å². The lowest BCUT2D eigenvalue weighted by atomic mass is 9.99. The molecule has 0 amide bonds. The van der Waals surface area contributed by atoms with Gasteiger partial charge in [-0.1, -0.05) is 51.7 Å². The second kappa shape index (κ2) is 9.09. The molecule has 2 nitrogen and oxygen atoms in total. The van der Waals surface area contributed by atoms with E-state index in [0.717, 1.165) is 18.9 Å². The van der Waals surface area contributed by atoms with Gasteiger partial charge in [0, 0.05) is 12.6 Å². The Kier molecular flexibility index (Phi) is 7.08. The Balaban J connectivity index is 1.66. The van der Waals surface area contributed by atoms with Gasteiger partial charge in [-0.2, -0.15) is 0 Å². The van der Waals surface area contributed by atoms with Gasteiger partial charge in [-0.3, -0.25) is 0 Å². The molecule has 1 aromatic rings. The van der Waals surface area contributed by atoms with E-state index < -0.39 is 0 Å². The molecular formula is C19H31NO. The van der Waals surface area contributed by atoms with Crippen molar-refractivity contribution in [2.75, 3.05) is 13.2 Å². The minimum atomic E-state index is 0.635. The average Bonchev–Trinajstić information content (AvgIpc) is 2.80. The first-order valence-corrected chi connectivity index (χ1v) is 8.75. The molecule has 2 rings (SSSR count). The summed E-state index contributed by atoms with van der Waals surface area (Å²) in [5, 5.41) is 3.65. The quantitative estimate of drug-likeness (QED) is 0.570. The molecule has 0 saturated heterocycles. The van der Waals surface area contributed by atoms with E-state index >= 15 is 0 Å². The van der Waals surface area contributed by atoms with Gasteiger partial charge in [0.1, 0.15) is 12.4 Å². The minimum absolute atomic E-state index is 0.635. The zero-order valence-electron chi connectivity index (χ0n) is 13.7. The standard InChI is InChI=1S/C19H31NO/c1-3-16(2)17-10-12-19(13-11-17)21-15-14-20-18-8-6-4-5-7-9-18/h10-13,16,18,20H,3-9,14-15H2,1-2H3. The van der Waals surface area contributed by atoms with E-state index in [4.69, 9.17) is 4.74 Å². The third-order valence-corrected chi connectivity index (χ3v) is 4.72. The van der Waals surface area contributed by atoms with Crippen LogP contribution < -0.4 is 10.1 Å². The van der Waals surface area contributed by atoms with Crippen LogP contribution >= 0.6 is 0 Å². The third kappa shape index (κ3) is 5.70. The van der Waals surface area contributed by atoms with E-state index in [0.29, 0.717) is 12.0 Å². The molecule has 118 valence electrons. The van der Waals surface area contributed by atoms with Gasteiger partial charge < -0.3 is 10.1 Å². The highest BCUT2D eigenvalue weighted by Crippen LogP contribution is 2.21. The number of hydrogen-bond acceptors (Lipinski definition) is 2. The van der Waals surface area contributed by atoms with Crippen molar-refractivity contribution in [2.24, 2.45) is 0 Å². The van der Waals surface area contributed by atoms with E-state index in [-0.39, 0.29) is 0 Å². The molecule has 1 fully saturated rings. The van der Waals surface area contributed by atoms with Crippen LogP contribution in [-0.2, 0) is 0 Å². The highest BCUT2D eigenvalue weighted by atomic mass is 16.5. The fourth-order valence-corrected chi connectivity index (χ4v) is 3.04. The molecule has 0 bridgehead atoms. The van der Waals surface area contributed by atoms with Crippen molar-refractivity contribution in [3.05, 3.63) is 29.8 Å². The summed E-state index contributed by atoms with van der Waals surface area (Å²) in [5.41, 5.74) is 1.40.